The van der Waals surface area contributed by atoms with Crippen molar-refractivity contribution in [2.24, 2.45) is 0 Å². The van der Waals surface area contributed by atoms with Crippen molar-refractivity contribution in [3.63, 3.8) is 0 Å². The maximum atomic E-state index is 11.6. The Balaban J connectivity index is 2.10. The fourth-order valence-corrected chi connectivity index (χ4v) is 1.78. The maximum Gasteiger partial charge on any atom is 0.229 e. The minimum atomic E-state index is -0.0759. The number of carbonyl (C=O) groups is 2. The average molecular weight is 218 g/mol. The van der Waals surface area contributed by atoms with E-state index in [0.29, 0.717) is 31.5 Å². The predicted octanol–water partition coefficient (Wildman–Crippen LogP) is 1.31. The number of rotatable bonds is 2. The van der Waals surface area contributed by atoms with Crippen molar-refractivity contribution < 1.29 is 9.59 Å². The Morgan fingerprint density at radius 2 is 1.62 bits per heavy atom. The summed E-state index contributed by atoms with van der Waals surface area (Å²) in [4.78, 5) is 24.4. The van der Waals surface area contributed by atoms with Crippen molar-refractivity contribution in [2.75, 3.05) is 5.73 Å². The molecule has 0 spiro atoms. The number of imide groups is 1. The summed E-state index contributed by atoms with van der Waals surface area (Å²) in [5.41, 5.74) is 7.18. The van der Waals surface area contributed by atoms with E-state index in [9.17, 15) is 9.59 Å². The van der Waals surface area contributed by atoms with Crippen molar-refractivity contribution in [1.82, 2.24) is 4.90 Å². The van der Waals surface area contributed by atoms with Crippen LogP contribution in [0.25, 0.3) is 0 Å². The number of amides is 2. The van der Waals surface area contributed by atoms with Gasteiger partial charge in [-0.15, -0.1) is 0 Å². The van der Waals surface area contributed by atoms with Gasteiger partial charge in [0.2, 0.25) is 11.8 Å². The molecular weight excluding hydrogens is 204 g/mol. The highest BCUT2D eigenvalue weighted by molar-refractivity contribution is 5.97. The molecule has 4 nitrogen and oxygen atoms in total. The maximum absolute atomic E-state index is 11.6. The van der Waals surface area contributed by atoms with Gasteiger partial charge in [0, 0.05) is 18.5 Å². The zero-order valence-electron chi connectivity index (χ0n) is 8.98. The minimum absolute atomic E-state index is 0.0759. The van der Waals surface area contributed by atoms with Gasteiger partial charge in [-0.1, -0.05) is 12.1 Å². The van der Waals surface area contributed by atoms with Crippen LogP contribution in [0.2, 0.25) is 0 Å². The van der Waals surface area contributed by atoms with Crippen molar-refractivity contribution in [2.45, 2.75) is 25.8 Å². The second-order valence-electron chi connectivity index (χ2n) is 3.97. The lowest BCUT2D eigenvalue weighted by atomic mass is 10.1. The first-order chi connectivity index (χ1) is 7.66. The summed E-state index contributed by atoms with van der Waals surface area (Å²) in [6.45, 7) is 0.359. The lowest BCUT2D eigenvalue weighted by Gasteiger charge is -2.24. The van der Waals surface area contributed by atoms with Gasteiger partial charge in [0.1, 0.15) is 0 Å². The Kier molecular flexibility index (Phi) is 2.90. The molecule has 1 aromatic carbocycles. The number of nitrogens with two attached hydrogens (primary N) is 1. The molecule has 1 aliphatic rings. The summed E-state index contributed by atoms with van der Waals surface area (Å²) >= 11 is 0. The molecule has 0 unspecified atom stereocenters. The van der Waals surface area contributed by atoms with E-state index in [1.165, 1.54) is 4.90 Å². The predicted molar refractivity (Wildman–Crippen MR) is 60.3 cm³/mol. The van der Waals surface area contributed by atoms with Crippen molar-refractivity contribution in [3.05, 3.63) is 29.8 Å². The molecule has 2 N–H and O–H groups in total. The summed E-state index contributed by atoms with van der Waals surface area (Å²) in [5, 5.41) is 0. The Morgan fingerprint density at radius 1 is 1.06 bits per heavy atom. The van der Waals surface area contributed by atoms with Crippen LogP contribution in [0.5, 0.6) is 0 Å². The molecule has 2 rings (SSSR count). The van der Waals surface area contributed by atoms with Crippen LogP contribution in [-0.2, 0) is 16.1 Å². The largest absolute Gasteiger partial charge is 0.399 e. The lowest BCUT2D eigenvalue weighted by Crippen LogP contribution is -2.39. The number of hydrogen-bond donors (Lipinski definition) is 1. The van der Waals surface area contributed by atoms with E-state index in [1.807, 2.05) is 12.1 Å². The van der Waals surface area contributed by atoms with Crippen LogP contribution in [0.4, 0.5) is 5.69 Å². The number of hydrogen-bond acceptors (Lipinski definition) is 3. The molecule has 0 bridgehead atoms. The molecule has 84 valence electrons. The molecule has 16 heavy (non-hydrogen) atoms. The van der Waals surface area contributed by atoms with Crippen LogP contribution in [0.1, 0.15) is 24.8 Å². The van der Waals surface area contributed by atoms with Gasteiger partial charge in [-0.05, 0) is 24.1 Å². The number of carbonyl (C=O) groups excluding carboxylic acids is 2. The van der Waals surface area contributed by atoms with Crippen molar-refractivity contribution >= 4 is 17.5 Å². The van der Waals surface area contributed by atoms with E-state index in [2.05, 4.69) is 0 Å². The molecule has 0 aromatic heterocycles. The van der Waals surface area contributed by atoms with Gasteiger partial charge in [0.05, 0.1) is 6.54 Å². The van der Waals surface area contributed by atoms with E-state index < -0.39 is 0 Å². The molecule has 0 saturated carbocycles. The number of piperidine rings is 1. The quantitative estimate of drug-likeness (QED) is 0.601. The van der Waals surface area contributed by atoms with E-state index in [-0.39, 0.29) is 11.8 Å². The number of nitrogens with zero attached hydrogens (tertiary/aromatic N) is 1. The Hall–Kier alpha value is -1.84. The fourth-order valence-electron chi connectivity index (χ4n) is 1.78. The van der Waals surface area contributed by atoms with Crippen LogP contribution < -0.4 is 5.73 Å². The first-order valence-corrected chi connectivity index (χ1v) is 5.34. The van der Waals surface area contributed by atoms with Crippen molar-refractivity contribution in [3.8, 4) is 0 Å². The molecule has 1 aromatic rings. The van der Waals surface area contributed by atoms with Gasteiger partial charge in [0.25, 0.3) is 0 Å². The topological polar surface area (TPSA) is 63.4 Å². The number of likely N-dealkylation sites (tertiary alicyclic amines) is 1. The molecule has 2 amide bonds. The first-order valence-electron chi connectivity index (χ1n) is 5.34. The highest BCUT2D eigenvalue weighted by Crippen LogP contribution is 2.16. The Bertz CT molecular complexity index is 396. The summed E-state index contributed by atoms with van der Waals surface area (Å²) < 4.78 is 0. The van der Waals surface area contributed by atoms with E-state index in [0.717, 1.165) is 5.56 Å². The number of nitrogen functional groups attached to an aromatic ring is 1. The van der Waals surface area contributed by atoms with Crippen LogP contribution in [0.15, 0.2) is 24.3 Å². The zero-order chi connectivity index (χ0) is 11.5. The molecule has 0 atom stereocenters. The summed E-state index contributed by atoms with van der Waals surface area (Å²) in [5.74, 6) is -0.152. The van der Waals surface area contributed by atoms with Gasteiger partial charge in [-0.25, -0.2) is 0 Å². The molecule has 1 heterocycles. The summed E-state index contributed by atoms with van der Waals surface area (Å²) in [7, 11) is 0. The highest BCUT2D eigenvalue weighted by Gasteiger charge is 2.25. The monoisotopic (exact) mass is 218 g/mol. The third-order valence-corrected chi connectivity index (χ3v) is 2.70. The van der Waals surface area contributed by atoms with Crippen LogP contribution in [0.3, 0.4) is 0 Å². The molecule has 0 radical (unpaired) electrons. The second-order valence-corrected chi connectivity index (χ2v) is 3.97. The van der Waals surface area contributed by atoms with E-state index in [4.69, 9.17) is 5.73 Å². The van der Waals surface area contributed by atoms with Crippen molar-refractivity contribution in [1.29, 1.82) is 0 Å². The Labute approximate surface area is 94.0 Å². The second kappa shape index (κ2) is 4.35. The third-order valence-electron chi connectivity index (χ3n) is 2.70. The number of benzene rings is 1. The summed E-state index contributed by atoms with van der Waals surface area (Å²) in [6.07, 6.45) is 1.62. The fraction of sp³-hybridized carbons (Fsp3) is 0.333. The standard InChI is InChI=1S/C12H14N2O2/c13-10-6-4-9(5-7-10)8-14-11(15)2-1-3-12(14)16/h4-7H,1-3,8,13H2. The van der Waals surface area contributed by atoms with Crippen LogP contribution in [-0.4, -0.2) is 16.7 Å². The highest BCUT2D eigenvalue weighted by atomic mass is 16.2. The normalized spacial score (nSPS) is 16.6. The minimum Gasteiger partial charge on any atom is -0.399 e. The van der Waals surface area contributed by atoms with E-state index in [1.54, 1.807) is 12.1 Å². The SMILES string of the molecule is Nc1ccc(CN2C(=O)CCCC2=O)cc1. The molecule has 1 fully saturated rings. The van der Waals surface area contributed by atoms with E-state index >= 15 is 0 Å². The molecule has 1 saturated heterocycles. The lowest BCUT2D eigenvalue weighted by molar-refractivity contribution is -0.148. The third kappa shape index (κ3) is 2.21. The van der Waals surface area contributed by atoms with Gasteiger partial charge in [-0.3, -0.25) is 14.5 Å². The number of anilines is 1. The van der Waals surface area contributed by atoms with Gasteiger partial charge >= 0.3 is 0 Å². The zero-order valence-corrected chi connectivity index (χ0v) is 8.98. The summed E-state index contributed by atoms with van der Waals surface area (Å²) in [6, 6.07) is 7.22. The molecule has 0 aliphatic carbocycles. The van der Waals surface area contributed by atoms with Gasteiger partial charge in [0.15, 0.2) is 0 Å². The first kappa shape index (κ1) is 10.7. The van der Waals surface area contributed by atoms with Gasteiger partial charge in [-0.2, -0.15) is 0 Å². The molecule has 1 aliphatic heterocycles. The molecule has 4 heteroatoms. The van der Waals surface area contributed by atoms with Crippen LogP contribution in [0, 0.1) is 0 Å². The smallest absolute Gasteiger partial charge is 0.229 e. The molecular formula is C12H14N2O2. The average Bonchev–Trinajstić information content (AvgIpc) is 2.26. The Morgan fingerprint density at radius 3 is 2.19 bits per heavy atom. The van der Waals surface area contributed by atoms with Crippen LogP contribution >= 0.6 is 0 Å². The van der Waals surface area contributed by atoms with Gasteiger partial charge < -0.3 is 5.73 Å².